The van der Waals surface area contributed by atoms with Gasteiger partial charge in [-0.05, 0) is 201 Å². The first-order valence-corrected chi connectivity index (χ1v) is 34.0. The third kappa shape index (κ3) is 12.2. The van der Waals surface area contributed by atoms with Gasteiger partial charge in [0.15, 0.2) is 0 Å². The minimum Gasteiger partial charge on any atom is -0.133 e. The van der Waals surface area contributed by atoms with Gasteiger partial charge in [0.2, 0.25) is 0 Å². The summed E-state index contributed by atoms with van der Waals surface area (Å²) >= 11 is 0. The van der Waals surface area contributed by atoms with E-state index in [0.29, 0.717) is 11.8 Å². The molecule has 438 valence electrons. The summed E-state index contributed by atoms with van der Waals surface area (Å²) in [7, 11) is -2.02. The van der Waals surface area contributed by atoms with Crippen LogP contribution < -0.4 is 0 Å². The van der Waals surface area contributed by atoms with Gasteiger partial charge in [0.1, 0.15) is 0 Å². The molecule has 1 heteroatoms. The topological polar surface area (TPSA) is 0 Å². The highest BCUT2D eigenvalue weighted by Crippen LogP contribution is 2.74. The van der Waals surface area contributed by atoms with Crippen molar-refractivity contribution in [1.29, 1.82) is 0 Å². The Morgan fingerprint density at radius 2 is 1.16 bits per heavy atom. The standard InChI is InChI=1S/C79H66S.C7H8.C2H6/c1-2-12-32-69(33-13-3-1)80(70-34-14-6-15-35-70,71-36-16-7-17-37-71)72-46-48-76-75(55-72)78(62-44-42-59(43-45-62)64-31-22-30-58-23-18-19-28-63(58)51-64)66-41-39-57(40-47-73(60-24-8-4-9-25-60)61-26-10-5-11-27-61)49-50-79(76,56-66)77-54-68-53-67(68)52-65-29-20-21-38-74(65)77;1-7-5-3-2-4-6-7;1-2/h1-2,4-11,13-39,41-49,54-55,67-68H,3,12,40,50-53,56H2;2-6H,1H3;1-2H3/b2-1-,33-13-,41-39-,57-49+,69-32+;;. The largest absolute Gasteiger partial charge is 0.133 e. The van der Waals surface area contributed by atoms with Crippen LogP contribution in [0.15, 0.2) is 346 Å². The quantitative estimate of drug-likeness (QED) is 0.113. The van der Waals surface area contributed by atoms with E-state index in [2.05, 4.69) is 310 Å². The smallest absolute Gasteiger partial charge is 0.0287 e. The Morgan fingerprint density at radius 1 is 0.539 bits per heavy atom. The van der Waals surface area contributed by atoms with Crippen LogP contribution in [0.25, 0.3) is 28.4 Å². The van der Waals surface area contributed by atoms with Crippen molar-refractivity contribution < 1.29 is 0 Å². The summed E-state index contributed by atoms with van der Waals surface area (Å²) in [6, 6.07) is 91.0. The fourth-order valence-corrected chi connectivity index (χ4v) is 18.3. The molecule has 15 rings (SSSR count). The maximum Gasteiger partial charge on any atom is 0.0287 e. The zero-order chi connectivity index (χ0) is 60.4. The number of hydrogen-bond acceptors (Lipinski definition) is 0. The summed E-state index contributed by atoms with van der Waals surface area (Å²) in [5.74, 6) is 1.29. The van der Waals surface area contributed by atoms with Gasteiger partial charge in [-0.15, -0.1) is 10.0 Å². The minimum atomic E-state index is -2.02. The van der Waals surface area contributed by atoms with E-state index in [1.54, 1.807) is 0 Å². The lowest BCUT2D eigenvalue weighted by molar-refractivity contribution is 0.546. The molecule has 0 aliphatic heterocycles. The van der Waals surface area contributed by atoms with Crippen LogP contribution in [-0.2, 0) is 18.3 Å². The second-order valence-electron chi connectivity index (χ2n) is 24.2. The van der Waals surface area contributed by atoms with Gasteiger partial charge in [0.25, 0.3) is 0 Å². The SMILES string of the molecule is C1=Cc2ccccc2CC(c2ccc(C3=C4/C=C\C(CC=C(c5ccccc5)c5ccccc5)=C/CC(C5=CC6CC6Cc6ccccc65)(C4)c4ccc(S(C5=C/C/C=C\C/C=C\5)(c5ccccc5)c5ccccc5)cc43)cc2)=C1.CC.Cc1ccccc1. The Labute approximate surface area is 531 Å². The molecule has 0 aromatic heterocycles. The molecule has 6 aliphatic carbocycles. The van der Waals surface area contributed by atoms with Crippen LogP contribution in [0, 0.1) is 18.8 Å². The fraction of sp³-hybridized carbons (Fsp3) is 0.159. The molecule has 3 unspecified atom stereocenters. The number of benzene rings is 9. The van der Waals surface area contributed by atoms with E-state index in [4.69, 9.17) is 0 Å². The van der Waals surface area contributed by atoms with Crippen molar-refractivity contribution in [3.63, 3.8) is 0 Å². The van der Waals surface area contributed by atoms with E-state index in [1.165, 1.54) is 121 Å². The maximum absolute atomic E-state index is 2.77. The summed E-state index contributed by atoms with van der Waals surface area (Å²) < 4.78 is 0. The van der Waals surface area contributed by atoms with Crippen molar-refractivity contribution >= 4 is 38.4 Å². The van der Waals surface area contributed by atoms with Crippen LogP contribution in [0.2, 0.25) is 0 Å². The molecule has 3 atom stereocenters. The summed E-state index contributed by atoms with van der Waals surface area (Å²) in [6.45, 7) is 6.08. The molecule has 0 radical (unpaired) electrons. The molecule has 9 aromatic rings. The Bertz CT molecular complexity index is 4210. The lowest BCUT2D eigenvalue weighted by Crippen LogP contribution is -2.33. The van der Waals surface area contributed by atoms with Crippen molar-refractivity contribution in [2.24, 2.45) is 11.8 Å². The van der Waals surface area contributed by atoms with Crippen LogP contribution in [-0.4, -0.2) is 0 Å². The van der Waals surface area contributed by atoms with Crippen molar-refractivity contribution in [3.8, 4) is 0 Å². The number of allylic oxidation sites excluding steroid dienone is 16. The molecule has 2 bridgehead atoms. The molecular formula is C88H80S. The lowest BCUT2D eigenvalue weighted by Gasteiger charge is -2.46. The third-order valence-electron chi connectivity index (χ3n) is 18.7. The number of fused-ring (bicyclic) bond motifs is 7. The van der Waals surface area contributed by atoms with Crippen LogP contribution in [0.3, 0.4) is 0 Å². The van der Waals surface area contributed by atoms with Crippen LogP contribution >= 0.6 is 10.0 Å². The molecule has 6 aliphatic rings. The van der Waals surface area contributed by atoms with Crippen molar-refractivity contribution in [2.75, 3.05) is 0 Å². The maximum atomic E-state index is 2.77. The molecule has 0 heterocycles. The number of rotatable bonds is 11. The molecule has 1 fully saturated rings. The molecule has 0 amide bonds. The van der Waals surface area contributed by atoms with Crippen LogP contribution in [0.1, 0.15) is 114 Å². The Balaban J connectivity index is 0.000000752. The van der Waals surface area contributed by atoms with E-state index in [1.807, 2.05) is 32.0 Å². The van der Waals surface area contributed by atoms with E-state index in [0.717, 1.165) is 44.9 Å². The average molecular weight is 1170 g/mol. The second-order valence-corrected chi connectivity index (χ2v) is 27.3. The highest BCUT2D eigenvalue weighted by atomic mass is 32.3. The first kappa shape index (κ1) is 58.7. The molecule has 0 saturated heterocycles. The van der Waals surface area contributed by atoms with Crippen molar-refractivity contribution in [3.05, 3.63) is 393 Å². The third-order valence-corrected chi connectivity index (χ3v) is 22.7. The molecule has 89 heavy (non-hydrogen) atoms. The van der Waals surface area contributed by atoms with Crippen molar-refractivity contribution in [2.45, 2.75) is 92.2 Å². The summed E-state index contributed by atoms with van der Waals surface area (Å²) in [5, 5.41) is 0. The first-order valence-electron chi connectivity index (χ1n) is 32.4. The van der Waals surface area contributed by atoms with E-state index in [-0.39, 0.29) is 5.41 Å². The van der Waals surface area contributed by atoms with Gasteiger partial charge < -0.3 is 0 Å². The van der Waals surface area contributed by atoms with E-state index < -0.39 is 10.0 Å². The monoisotopic (exact) mass is 1170 g/mol. The lowest BCUT2D eigenvalue weighted by atomic mass is 9.59. The van der Waals surface area contributed by atoms with Gasteiger partial charge in [-0.2, -0.15) is 0 Å². The normalized spacial score (nSPS) is 21.0. The summed E-state index contributed by atoms with van der Waals surface area (Å²) in [6.07, 6.45) is 39.4. The zero-order valence-electron chi connectivity index (χ0n) is 51.8. The number of hydrogen-bond donors (Lipinski definition) is 0. The fourth-order valence-electron chi connectivity index (χ4n) is 14.3. The van der Waals surface area contributed by atoms with E-state index in [9.17, 15) is 0 Å². The first-order chi connectivity index (χ1) is 44.0. The predicted molar refractivity (Wildman–Crippen MR) is 382 cm³/mol. The molecule has 0 spiro atoms. The minimum absolute atomic E-state index is 0.339. The predicted octanol–water partition coefficient (Wildman–Crippen LogP) is 23.6. The van der Waals surface area contributed by atoms with Gasteiger partial charge in [-0.1, -0.05) is 305 Å². The molecule has 9 aromatic carbocycles. The average Bonchev–Trinajstić information content (AvgIpc) is 0.850. The molecule has 0 N–H and O–H groups in total. The van der Waals surface area contributed by atoms with Gasteiger partial charge in [-0.3, -0.25) is 0 Å². The Hall–Kier alpha value is -9.27. The van der Waals surface area contributed by atoms with Gasteiger partial charge >= 0.3 is 0 Å². The summed E-state index contributed by atoms with van der Waals surface area (Å²) in [4.78, 5) is 5.45. The van der Waals surface area contributed by atoms with Crippen LogP contribution in [0.4, 0.5) is 0 Å². The van der Waals surface area contributed by atoms with Gasteiger partial charge in [0, 0.05) is 20.1 Å². The zero-order valence-corrected chi connectivity index (χ0v) is 52.6. The number of aryl methyl sites for hydroxylation is 1. The highest BCUT2D eigenvalue weighted by Gasteiger charge is 2.48. The van der Waals surface area contributed by atoms with Gasteiger partial charge in [-0.25, -0.2) is 0 Å². The summed E-state index contributed by atoms with van der Waals surface area (Å²) in [5.41, 5.74) is 22.6. The molecule has 0 nitrogen and oxygen atoms in total. The second kappa shape index (κ2) is 27.0. The van der Waals surface area contributed by atoms with E-state index >= 15 is 0 Å². The Morgan fingerprint density at radius 3 is 1.84 bits per heavy atom. The highest BCUT2D eigenvalue weighted by molar-refractivity contribution is 8.37. The van der Waals surface area contributed by atoms with Crippen molar-refractivity contribution in [1.82, 2.24) is 0 Å². The van der Waals surface area contributed by atoms with Crippen LogP contribution in [0.5, 0.6) is 0 Å². The Kier molecular flexibility index (Phi) is 17.8. The van der Waals surface area contributed by atoms with Gasteiger partial charge in [0.05, 0.1) is 0 Å². The molecular weight excluding hydrogens is 1090 g/mol. The molecule has 1 saturated carbocycles.